The molecule has 0 aromatic heterocycles. The van der Waals surface area contributed by atoms with Crippen molar-refractivity contribution in [2.24, 2.45) is 0 Å². The summed E-state index contributed by atoms with van der Waals surface area (Å²) in [5.74, 6) is 0. The average Bonchev–Trinajstić information content (AvgIpc) is 1.82. The zero-order valence-electron chi connectivity index (χ0n) is 10.2. The third-order valence-electron chi connectivity index (χ3n) is 1.97. The quantitative estimate of drug-likeness (QED) is 0.656. The fraction of sp³-hybridized carbons (Fsp3) is 1.00. The Hall–Kier alpha value is 0.354. The lowest BCUT2D eigenvalue weighted by Gasteiger charge is -2.32. The Morgan fingerprint density at radius 3 is 1.62 bits per heavy atom. The second kappa shape index (κ2) is 5.29. The maximum absolute atomic E-state index is 6.02. The van der Waals surface area contributed by atoms with E-state index in [1.54, 1.807) is 0 Å². The van der Waals surface area contributed by atoms with Crippen molar-refractivity contribution >= 4 is 18.2 Å². The van der Waals surface area contributed by atoms with Gasteiger partial charge in [-0.05, 0) is 31.7 Å². The largest absolute Gasteiger partial charge is 0.449 e. The molecule has 0 aromatic rings. The zero-order valence-corrected chi connectivity index (χ0v) is 12.6. The first-order valence-electron chi connectivity index (χ1n) is 5.13. The second-order valence-corrected chi connectivity index (χ2v) is 11.5. The lowest BCUT2D eigenvalue weighted by Crippen LogP contribution is -2.45. The van der Waals surface area contributed by atoms with Crippen molar-refractivity contribution < 1.29 is 4.12 Å². The van der Waals surface area contributed by atoms with E-state index in [1.165, 1.54) is 0 Å². The fourth-order valence-electron chi connectivity index (χ4n) is 1.16. The van der Waals surface area contributed by atoms with Crippen molar-refractivity contribution in [1.29, 1.82) is 0 Å². The molecule has 0 aliphatic rings. The van der Waals surface area contributed by atoms with Crippen LogP contribution in [0.4, 0.5) is 0 Å². The van der Waals surface area contributed by atoms with Gasteiger partial charge in [-0.1, -0.05) is 27.7 Å². The van der Waals surface area contributed by atoms with Gasteiger partial charge >= 0.3 is 0 Å². The molecule has 80 valence electrons. The van der Waals surface area contributed by atoms with Crippen LogP contribution in [-0.2, 0) is 4.12 Å². The number of rotatable bonds is 5. The predicted octanol–water partition coefficient (Wildman–Crippen LogP) is 1.96. The summed E-state index contributed by atoms with van der Waals surface area (Å²) in [6.45, 7) is 15.8. The van der Waals surface area contributed by atoms with Crippen LogP contribution in [0.5, 0.6) is 0 Å². The third-order valence-corrected chi connectivity index (χ3v) is 7.71. The van der Waals surface area contributed by atoms with Crippen molar-refractivity contribution in [3.8, 4) is 0 Å². The van der Waals surface area contributed by atoms with Crippen molar-refractivity contribution in [2.75, 3.05) is 0 Å². The summed E-state index contributed by atoms with van der Waals surface area (Å²) in [5, 5.41) is 0. The maximum Gasteiger partial charge on any atom is 0.227 e. The number of hydrogen-bond donors (Lipinski definition) is 0. The molecule has 13 heavy (non-hydrogen) atoms. The Morgan fingerprint density at radius 2 is 1.38 bits per heavy atom. The van der Waals surface area contributed by atoms with Gasteiger partial charge in [-0.25, -0.2) is 0 Å². The normalized spacial score (nSPS) is 14.3. The number of hydrogen-bond acceptors (Lipinski definition) is 2. The Kier molecular flexibility index (Phi) is 5.43. The van der Waals surface area contributed by atoms with E-state index in [4.69, 9.17) is 4.12 Å². The smallest absolute Gasteiger partial charge is 0.227 e. The Morgan fingerprint density at radius 1 is 1.00 bits per heavy atom. The van der Waals surface area contributed by atoms with Crippen LogP contribution in [0, 0.1) is 0 Å². The SMILES string of the molecule is CC(C)N([SiH2]O[Si](C)(C)C)C(C)C. The van der Waals surface area contributed by atoms with Crippen molar-refractivity contribution in [1.82, 2.24) is 4.57 Å². The minimum atomic E-state index is -1.29. The molecule has 0 unspecified atom stereocenters. The molecule has 0 saturated heterocycles. The van der Waals surface area contributed by atoms with E-state index < -0.39 is 18.2 Å². The molecule has 0 rings (SSSR count). The van der Waals surface area contributed by atoms with E-state index in [0.717, 1.165) is 0 Å². The van der Waals surface area contributed by atoms with E-state index in [1.807, 2.05) is 0 Å². The molecule has 0 atom stereocenters. The molecule has 0 spiro atoms. The van der Waals surface area contributed by atoms with E-state index in [9.17, 15) is 0 Å². The van der Waals surface area contributed by atoms with Crippen LogP contribution in [0.3, 0.4) is 0 Å². The maximum atomic E-state index is 6.02. The first-order chi connectivity index (χ1) is 5.74. The summed E-state index contributed by atoms with van der Waals surface area (Å²) in [6, 6.07) is 1.26. The highest BCUT2D eigenvalue weighted by molar-refractivity contribution is 6.73. The Balaban J connectivity index is 3.98. The highest BCUT2D eigenvalue weighted by Crippen LogP contribution is 2.07. The molecule has 4 heteroatoms. The van der Waals surface area contributed by atoms with Gasteiger partial charge in [0.05, 0.1) is 0 Å². The van der Waals surface area contributed by atoms with Crippen LogP contribution in [0.25, 0.3) is 0 Å². The van der Waals surface area contributed by atoms with E-state index in [2.05, 4.69) is 51.9 Å². The molecule has 0 fully saturated rings. The molecule has 0 aliphatic carbocycles. The predicted molar refractivity (Wildman–Crippen MR) is 65.1 cm³/mol. The third kappa shape index (κ3) is 6.43. The van der Waals surface area contributed by atoms with Gasteiger partial charge in [0.1, 0.15) is 0 Å². The van der Waals surface area contributed by atoms with Gasteiger partial charge in [0.2, 0.25) is 9.92 Å². The van der Waals surface area contributed by atoms with E-state index in [0.29, 0.717) is 12.1 Å². The van der Waals surface area contributed by atoms with Crippen molar-refractivity contribution in [3.63, 3.8) is 0 Å². The van der Waals surface area contributed by atoms with Crippen LogP contribution in [0.1, 0.15) is 27.7 Å². The highest BCUT2D eigenvalue weighted by atomic mass is 28.4. The number of nitrogens with zero attached hydrogens (tertiary/aromatic N) is 1. The average molecular weight is 219 g/mol. The second-order valence-electron chi connectivity index (χ2n) is 5.09. The van der Waals surface area contributed by atoms with Gasteiger partial charge in [-0.3, -0.25) is 0 Å². The summed E-state index contributed by atoms with van der Waals surface area (Å²) in [7, 11) is -1.77. The van der Waals surface area contributed by atoms with Gasteiger partial charge in [0.15, 0.2) is 8.32 Å². The molecule has 0 saturated carbocycles. The van der Waals surface area contributed by atoms with Crippen LogP contribution in [-0.4, -0.2) is 34.9 Å². The molecule has 0 N–H and O–H groups in total. The molecule has 2 nitrogen and oxygen atoms in total. The Bertz CT molecular complexity index is 135. The van der Waals surface area contributed by atoms with Crippen LogP contribution in [0.15, 0.2) is 0 Å². The van der Waals surface area contributed by atoms with Gasteiger partial charge in [0.25, 0.3) is 0 Å². The lowest BCUT2D eigenvalue weighted by molar-refractivity contribution is 0.282. The van der Waals surface area contributed by atoms with Crippen LogP contribution >= 0.6 is 0 Å². The molecule has 0 amide bonds. The topological polar surface area (TPSA) is 12.5 Å². The minimum Gasteiger partial charge on any atom is -0.449 e. The first-order valence-corrected chi connectivity index (χ1v) is 9.75. The summed E-state index contributed by atoms with van der Waals surface area (Å²) >= 11 is 0. The van der Waals surface area contributed by atoms with Gasteiger partial charge < -0.3 is 8.68 Å². The van der Waals surface area contributed by atoms with Crippen LogP contribution < -0.4 is 0 Å². The molecular weight excluding hydrogens is 194 g/mol. The molecule has 0 bridgehead atoms. The van der Waals surface area contributed by atoms with Gasteiger partial charge in [0, 0.05) is 0 Å². The molecule has 0 heterocycles. The first kappa shape index (κ1) is 13.4. The van der Waals surface area contributed by atoms with Crippen LogP contribution in [0.2, 0.25) is 19.6 Å². The summed E-state index contributed by atoms with van der Waals surface area (Å²) in [6.07, 6.45) is 0. The lowest BCUT2D eigenvalue weighted by atomic mass is 10.3. The monoisotopic (exact) mass is 219 g/mol. The fourth-order valence-corrected chi connectivity index (χ4v) is 3.90. The summed E-state index contributed by atoms with van der Waals surface area (Å²) in [4.78, 5) is 0. The van der Waals surface area contributed by atoms with E-state index in [-0.39, 0.29) is 0 Å². The molecule has 0 aliphatic heterocycles. The van der Waals surface area contributed by atoms with E-state index >= 15 is 0 Å². The van der Waals surface area contributed by atoms with Crippen molar-refractivity contribution in [2.45, 2.75) is 59.4 Å². The molecule has 0 aromatic carbocycles. The highest BCUT2D eigenvalue weighted by Gasteiger charge is 2.19. The standard InChI is InChI=1S/C9H25NOSi2/c1-8(2)10(9(3)4)12-11-13(5,6)7/h8-9H,12H2,1-7H3. The summed E-state index contributed by atoms with van der Waals surface area (Å²) in [5.41, 5.74) is 0. The molecule has 0 radical (unpaired) electrons. The zero-order chi connectivity index (χ0) is 10.6. The minimum absolute atomic E-state index is 0.479. The van der Waals surface area contributed by atoms with Crippen molar-refractivity contribution in [3.05, 3.63) is 0 Å². The van der Waals surface area contributed by atoms with Gasteiger partial charge in [-0.2, -0.15) is 0 Å². The molecular formula is C9H25NOSi2. The van der Waals surface area contributed by atoms with Gasteiger partial charge in [-0.15, -0.1) is 0 Å². The summed E-state index contributed by atoms with van der Waals surface area (Å²) < 4.78 is 8.53. The Labute approximate surface area is 86.8 Å².